The molecule has 0 fully saturated rings. The fraction of sp³-hybridized carbons (Fsp3) is 0.250. The Kier molecular flexibility index (Phi) is 4.79. The lowest BCUT2D eigenvalue weighted by Gasteiger charge is -2.14. The Labute approximate surface area is 135 Å². The molecule has 0 bridgehead atoms. The fourth-order valence-corrected chi connectivity index (χ4v) is 3.89. The van der Waals surface area contributed by atoms with Crippen molar-refractivity contribution in [2.24, 2.45) is 0 Å². The van der Waals surface area contributed by atoms with Crippen LogP contribution in [0.25, 0.3) is 0 Å². The maximum Gasteiger partial charge on any atom is 0.262 e. The summed E-state index contributed by atoms with van der Waals surface area (Å²) in [4.78, 5) is 0.148. The summed E-state index contributed by atoms with van der Waals surface area (Å²) in [6.07, 6.45) is 0. The Balaban J connectivity index is 2.42. The van der Waals surface area contributed by atoms with Gasteiger partial charge in [0.15, 0.2) is 11.6 Å². The van der Waals surface area contributed by atoms with Gasteiger partial charge >= 0.3 is 0 Å². The highest BCUT2D eigenvalue weighted by Gasteiger charge is 2.21. The Morgan fingerprint density at radius 1 is 1.00 bits per heavy atom. The molecule has 0 heterocycles. The number of nitrogens with one attached hydrogen (secondary N) is 1. The monoisotopic (exact) mass is 339 g/mol. The molecule has 0 amide bonds. The molecule has 0 aromatic heterocycles. The Bertz CT molecular complexity index is 811. The van der Waals surface area contributed by atoms with Crippen LogP contribution in [0.15, 0.2) is 35.2 Å². The molecular formula is C16H18FNO4S. The average molecular weight is 339 g/mol. The van der Waals surface area contributed by atoms with Gasteiger partial charge in [-0.05, 0) is 49.2 Å². The molecule has 0 unspecified atom stereocenters. The van der Waals surface area contributed by atoms with Crippen molar-refractivity contribution < 1.29 is 22.3 Å². The van der Waals surface area contributed by atoms with E-state index in [1.807, 2.05) is 0 Å². The van der Waals surface area contributed by atoms with Gasteiger partial charge in [0.05, 0.1) is 24.8 Å². The van der Waals surface area contributed by atoms with Crippen molar-refractivity contribution in [2.75, 3.05) is 18.9 Å². The van der Waals surface area contributed by atoms with Gasteiger partial charge in [0.1, 0.15) is 5.75 Å². The van der Waals surface area contributed by atoms with Gasteiger partial charge in [-0.2, -0.15) is 0 Å². The van der Waals surface area contributed by atoms with Crippen LogP contribution < -0.4 is 14.2 Å². The summed E-state index contributed by atoms with van der Waals surface area (Å²) in [5.74, 6) is -0.0185. The van der Waals surface area contributed by atoms with E-state index in [-0.39, 0.29) is 16.3 Å². The van der Waals surface area contributed by atoms with Gasteiger partial charge in [0.25, 0.3) is 10.0 Å². The maximum absolute atomic E-state index is 13.7. The first-order valence-electron chi connectivity index (χ1n) is 6.80. The van der Waals surface area contributed by atoms with Crippen LogP contribution in [0, 0.1) is 19.7 Å². The van der Waals surface area contributed by atoms with Crippen LogP contribution in [0.3, 0.4) is 0 Å². The molecule has 7 heteroatoms. The highest BCUT2D eigenvalue weighted by atomic mass is 32.2. The summed E-state index contributed by atoms with van der Waals surface area (Å²) < 4.78 is 51.2. The summed E-state index contributed by atoms with van der Waals surface area (Å²) in [7, 11) is -0.995. The molecule has 0 spiro atoms. The van der Waals surface area contributed by atoms with Crippen molar-refractivity contribution in [1.82, 2.24) is 0 Å². The number of benzene rings is 2. The van der Waals surface area contributed by atoms with E-state index in [2.05, 4.69) is 4.72 Å². The predicted octanol–water partition coefficient (Wildman–Crippen LogP) is 3.26. The van der Waals surface area contributed by atoms with Crippen LogP contribution in [0.5, 0.6) is 11.5 Å². The molecule has 0 aliphatic rings. The number of methoxy groups -OCH3 is 2. The lowest BCUT2D eigenvalue weighted by Crippen LogP contribution is -2.16. The first kappa shape index (κ1) is 17.1. The lowest BCUT2D eigenvalue weighted by molar-refractivity contribution is 0.386. The van der Waals surface area contributed by atoms with E-state index in [1.54, 1.807) is 26.0 Å². The second-order valence-electron chi connectivity index (χ2n) is 5.05. The SMILES string of the molecule is COc1cc(C)c(S(=O)(=O)Nc2ccc(OC)c(F)c2)c(C)c1. The summed E-state index contributed by atoms with van der Waals surface area (Å²) in [6, 6.07) is 7.14. The molecule has 0 atom stereocenters. The van der Waals surface area contributed by atoms with E-state index in [4.69, 9.17) is 9.47 Å². The number of aryl methyl sites for hydroxylation is 2. The van der Waals surface area contributed by atoms with Crippen LogP contribution in [-0.4, -0.2) is 22.6 Å². The van der Waals surface area contributed by atoms with Crippen molar-refractivity contribution in [1.29, 1.82) is 0 Å². The number of halogens is 1. The minimum atomic E-state index is -3.85. The van der Waals surface area contributed by atoms with Crippen LogP contribution in [0.4, 0.5) is 10.1 Å². The van der Waals surface area contributed by atoms with E-state index < -0.39 is 15.8 Å². The lowest BCUT2D eigenvalue weighted by atomic mass is 10.1. The first-order chi connectivity index (χ1) is 10.8. The van der Waals surface area contributed by atoms with E-state index in [0.717, 1.165) is 6.07 Å². The van der Waals surface area contributed by atoms with Gasteiger partial charge < -0.3 is 9.47 Å². The smallest absolute Gasteiger partial charge is 0.262 e. The zero-order valence-corrected chi connectivity index (χ0v) is 14.1. The second-order valence-corrected chi connectivity index (χ2v) is 6.66. The van der Waals surface area contributed by atoms with E-state index in [9.17, 15) is 12.8 Å². The molecule has 124 valence electrons. The van der Waals surface area contributed by atoms with Gasteiger partial charge in [-0.15, -0.1) is 0 Å². The zero-order valence-electron chi connectivity index (χ0n) is 13.3. The van der Waals surface area contributed by atoms with Gasteiger partial charge in [0.2, 0.25) is 0 Å². The summed E-state index contributed by atoms with van der Waals surface area (Å²) in [5.41, 5.74) is 1.21. The number of rotatable bonds is 5. The number of sulfonamides is 1. The first-order valence-corrected chi connectivity index (χ1v) is 8.28. The van der Waals surface area contributed by atoms with Gasteiger partial charge in [-0.1, -0.05) is 0 Å². The third-order valence-corrected chi connectivity index (χ3v) is 5.03. The van der Waals surface area contributed by atoms with Crippen molar-refractivity contribution in [3.8, 4) is 11.5 Å². The maximum atomic E-state index is 13.7. The molecule has 2 aromatic rings. The Morgan fingerprint density at radius 3 is 2.09 bits per heavy atom. The molecule has 0 aliphatic carbocycles. The molecule has 23 heavy (non-hydrogen) atoms. The largest absolute Gasteiger partial charge is 0.497 e. The highest BCUT2D eigenvalue weighted by molar-refractivity contribution is 7.92. The normalized spacial score (nSPS) is 11.2. The molecule has 2 rings (SSSR count). The topological polar surface area (TPSA) is 64.6 Å². The molecule has 1 N–H and O–H groups in total. The molecule has 0 saturated carbocycles. The Morgan fingerprint density at radius 2 is 1.61 bits per heavy atom. The average Bonchev–Trinajstić information content (AvgIpc) is 2.45. The highest BCUT2D eigenvalue weighted by Crippen LogP contribution is 2.28. The zero-order chi connectivity index (χ0) is 17.2. The van der Waals surface area contributed by atoms with E-state index in [1.165, 1.54) is 26.4 Å². The number of hydrogen-bond donors (Lipinski definition) is 1. The van der Waals surface area contributed by atoms with Crippen LogP contribution in [0.1, 0.15) is 11.1 Å². The summed E-state index contributed by atoms with van der Waals surface area (Å²) in [5, 5.41) is 0. The second kappa shape index (κ2) is 6.45. The molecule has 0 radical (unpaired) electrons. The van der Waals surface area contributed by atoms with Crippen LogP contribution >= 0.6 is 0 Å². The fourth-order valence-electron chi connectivity index (χ4n) is 2.39. The van der Waals surface area contributed by atoms with Crippen LogP contribution in [0.2, 0.25) is 0 Å². The van der Waals surface area contributed by atoms with Gasteiger partial charge in [-0.3, -0.25) is 4.72 Å². The molecular weight excluding hydrogens is 321 g/mol. The number of hydrogen-bond acceptors (Lipinski definition) is 4. The van der Waals surface area contributed by atoms with E-state index in [0.29, 0.717) is 16.9 Å². The number of anilines is 1. The molecule has 2 aromatic carbocycles. The third kappa shape index (κ3) is 3.56. The predicted molar refractivity (Wildman–Crippen MR) is 86.2 cm³/mol. The van der Waals surface area contributed by atoms with E-state index >= 15 is 0 Å². The van der Waals surface area contributed by atoms with Crippen molar-refractivity contribution in [3.63, 3.8) is 0 Å². The van der Waals surface area contributed by atoms with Crippen molar-refractivity contribution in [2.45, 2.75) is 18.7 Å². The summed E-state index contributed by atoms with van der Waals surface area (Å²) in [6.45, 7) is 3.36. The van der Waals surface area contributed by atoms with Crippen LogP contribution in [-0.2, 0) is 10.0 Å². The molecule has 0 saturated heterocycles. The quantitative estimate of drug-likeness (QED) is 0.908. The van der Waals surface area contributed by atoms with Crippen molar-refractivity contribution in [3.05, 3.63) is 47.3 Å². The standard InChI is InChI=1S/C16H18FNO4S/c1-10-7-13(21-3)8-11(2)16(10)23(19,20)18-12-5-6-15(22-4)14(17)9-12/h5-9,18H,1-4H3. The molecule has 5 nitrogen and oxygen atoms in total. The minimum Gasteiger partial charge on any atom is -0.497 e. The van der Waals surface area contributed by atoms with Crippen molar-refractivity contribution >= 4 is 15.7 Å². The summed E-state index contributed by atoms with van der Waals surface area (Å²) >= 11 is 0. The number of ether oxygens (including phenoxy) is 2. The minimum absolute atomic E-state index is 0.0461. The van der Waals surface area contributed by atoms with Gasteiger partial charge in [-0.25, -0.2) is 12.8 Å². The third-order valence-electron chi connectivity index (χ3n) is 3.34. The molecule has 0 aliphatic heterocycles. The Hall–Kier alpha value is -2.28. The van der Waals surface area contributed by atoms with Gasteiger partial charge in [0, 0.05) is 6.07 Å².